The zero-order valence-corrected chi connectivity index (χ0v) is 13.9. The first kappa shape index (κ1) is 15.8. The zero-order valence-electron chi connectivity index (χ0n) is 13.9. The number of benzene rings is 2. The van der Waals surface area contributed by atoms with Crippen LogP contribution in [0.2, 0.25) is 0 Å². The van der Waals surface area contributed by atoms with E-state index < -0.39 is 0 Å². The summed E-state index contributed by atoms with van der Waals surface area (Å²) in [5.41, 5.74) is 4.98. The lowest BCUT2D eigenvalue weighted by molar-refractivity contribution is 0.132. The Morgan fingerprint density at radius 1 is 1.04 bits per heavy atom. The SMILES string of the molecule is Cc1ccc(CON=Cc2cccc(C3CCCCC3)c2)cc1. The van der Waals surface area contributed by atoms with Gasteiger partial charge in [-0.1, -0.05) is 72.4 Å². The molecule has 1 saturated carbocycles. The first-order valence-electron chi connectivity index (χ1n) is 8.62. The lowest BCUT2D eigenvalue weighted by Crippen LogP contribution is -2.04. The normalized spacial score (nSPS) is 15.9. The second kappa shape index (κ2) is 7.96. The third-order valence-corrected chi connectivity index (χ3v) is 4.62. The van der Waals surface area contributed by atoms with E-state index in [1.54, 1.807) is 0 Å². The van der Waals surface area contributed by atoms with Gasteiger partial charge in [0.2, 0.25) is 0 Å². The van der Waals surface area contributed by atoms with E-state index in [4.69, 9.17) is 4.84 Å². The van der Waals surface area contributed by atoms with Crippen LogP contribution in [-0.4, -0.2) is 6.21 Å². The molecule has 0 heterocycles. The van der Waals surface area contributed by atoms with Crippen LogP contribution in [0.15, 0.2) is 53.7 Å². The van der Waals surface area contributed by atoms with E-state index in [0.29, 0.717) is 6.61 Å². The minimum atomic E-state index is 0.513. The third kappa shape index (κ3) is 4.69. The van der Waals surface area contributed by atoms with Crippen molar-refractivity contribution >= 4 is 6.21 Å². The second-order valence-electron chi connectivity index (χ2n) is 6.50. The van der Waals surface area contributed by atoms with Gasteiger partial charge in [-0.05, 0) is 48.4 Å². The van der Waals surface area contributed by atoms with Gasteiger partial charge in [-0.25, -0.2) is 0 Å². The molecule has 2 nitrogen and oxygen atoms in total. The fourth-order valence-corrected chi connectivity index (χ4v) is 3.22. The van der Waals surface area contributed by atoms with E-state index in [1.807, 2.05) is 6.21 Å². The Morgan fingerprint density at radius 3 is 2.61 bits per heavy atom. The molecule has 0 aliphatic heterocycles. The van der Waals surface area contributed by atoms with Gasteiger partial charge in [0.25, 0.3) is 0 Å². The molecular weight excluding hydrogens is 282 g/mol. The predicted octanol–water partition coefficient (Wildman–Crippen LogP) is 5.59. The summed E-state index contributed by atoms with van der Waals surface area (Å²) in [4.78, 5) is 5.42. The summed E-state index contributed by atoms with van der Waals surface area (Å²) in [6.07, 6.45) is 8.59. The van der Waals surface area contributed by atoms with Gasteiger partial charge in [0.15, 0.2) is 0 Å². The molecule has 0 atom stereocenters. The molecule has 1 aliphatic rings. The number of hydrogen-bond donors (Lipinski definition) is 0. The minimum absolute atomic E-state index is 0.513. The molecule has 3 rings (SSSR count). The summed E-state index contributed by atoms with van der Waals surface area (Å²) in [7, 11) is 0. The van der Waals surface area contributed by atoms with E-state index in [1.165, 1.54) is 43.2 Å². The largest absolute Gasteiger partial charge is 0.391 e. The molecule has 1 aliphatic carbocycles. The molecule has 2 heteroatoms. The van der Waals surface area contributed by atoms with Crippen molar-refractivity contribution in [2.45, 2.75) is 51.6 Å². The van der Waals surface area contributed by atoms with E-state index in [2.05, 4.69) is 60.6 Å². The summed E-state index contributed by atoms with van der Waals surface area (Å²) in [5.74, 6) is 0.727. The minimum Gasteiger partial charge on any atom is -0.391 e. The number of hydrogen-bond acceptors (Lipinski definition) is 2. The molecular formula is C21H25NO. The fourth-order valence-electron chi connectivity index (χ4n) is 3.22. The van der Waals surface area contributed by atoms with Crippen molar-refractivity contribution in [1.29, 1.82) is 0 Å². The standard InChI is InChI=1S/C21H25NO/c1-17-10-12-18(13-11-17)16-23-22-15-19-6-5-9-21(14-19)20-7-3-2-4-8-20/h5-6,9-15,20H,2-4,7-8,16H2,1H3. The summed E-state index contributed by atoms with van der Waals surface area (Å²) in [5, 5.41) is 4.12. The fraction of sp³-hybridized carbons (Fsp3) is 0.381. The number of oxime groups is 1. The molecule has 0 N–H and O–H groups in total. The molecule has 2 aromatic rings. The molecule has 0 bridgehead atoms. The first-order chi connectivity index (χ1) is 11.3. The van der Waals surface area contributed by atoms with Crippen LogP contribution in [0.4, 0.5) is 0 Å². The van der Waals surface area contributed by atoms with Gasteiger partial charge in [-0.2, -0.15) is 0 Å². The molecule has 0 unspecified atom stereocenters. The lowest BCUT2D eigenvalue weighted by atomic mass is 9.84. The quantitative estimate of drug-likeness (QED) is 0.521. The summed E-state index contributed by atoms with van der Waals surface area (Å²) in [6, 6.07) is 17.1. The summed E-state index contributed by atoms with van der Waals surface area (Å²) >= 11 is 0. The maximum absolute atomic E-state index is 5.42. The summed E-state index contributed by atoms with van der Waals surface area (Å²) < 4.78 is 0. The lowest BCUT2D eigenvalue weighted by Gasteiger charge is -2.22. The van der Waals surface area contributed by atoms with Crippen molar-refractivity contribution in [2.24, 2.45) is 5.16 Å². The Labute approximate surface area is 139 Å². The van der Waals surface area contributed by atoms with Gasteiger partial charge in [-0.3, -0.25) is 0 Å². The van der Waals surface area contributed by atoms with Gasteiger partial charge in [0.05, 0.1) is 6.21 Å². The Bertz CT molecular complexity index is 639. The number of aryl methyl sites for hydroxylation is 1. The van der Waals surface area contributed by atoms with Crippen LogP contribution in [0.25, 0.3) is 0 Å². The highest BCUT2D eigenvalue weighted by atomic mass is 16.6. The Hall–Kier alpha value is -2.09. The molecule has 0 aromatic heterocycles. The van der Waals surface area contributed by atoms with Crippen molar-refractivity contribution < 1.29 is 4.84 Å². The molecule has 0 amide bonds. The third-order valence-electron chi connectivity index (χ3n) is 4.62. The van der Waals surface area contributed by atoms with Gasteiger partial charge >= 0.3 is 0 Å². The molecule has 23 heavy (non-hydrogen) atoms. The molecule has 0 radical (unpaired) electrons. The van der Waals surface area contributed by atoms with Gasteiger partial charge in [0.1, 0.15) is 6.61 Å². The van der Waals surface area contributed by atoms with Crippen molar-refractivity contribution in [2.75, 3.05) is 0 Å². The van der Waals surface area contributed by atoms with Crippen LogP contribution in [0.5, 0.6) is 0 Å². The first-order valence-corrected chi connectivity index (χ1v) is 8.62. The highest BCUT2D eigenvalue weighted by molar-refractivity contribution is 5.79. The van der Waals surface area contributed by atoms with Crippen LogP contribution in [0, 0.1) is 6.92 Å². The highest BCUT2D eigenvalue weighted by Gasteiger charge is 2.15. The highest BCUT2D eigenvalue weighted by Crippen LogP contribution is 2.32. The van der Waals surface area contributed by atoms with Gasteiger partial charge in [-0.15, -0.1) is 0 Å². The van der Waals surface area contributed by atoms with E-state index in [9.17, 15) is 0 Å². The molecule has 0 saturated heterocycles. The average Bonchev–Trinajstić information content (AvgIpc) is 2.61. The Balaban J connectivity index is 1.55. The zero-order chi connectivity index (χ0) is 15.9. The smallest absolute Gasteiger partial charge is 0.142 e. The van der Waals surface area contributed by atoms with Crippen LogP contribution < -0.4 is 0 Å². The van der Waals surface area contributed by atoms with Crippen LogP contribution in [-0.2, 0) is 11.4 Å². The van der Waals surface area contributed by atoms with Crippen LogP contribution in [0.1, 0.15) is 60.3 Å². The molecule has 2 aromatic carbocycles. The maximum Gasteiger partial charge on any atom is 0.142 e. The van der Waals surface area contributed by atoms with E-state index >= 15 is 0 Å². The molecule has 120 valence electrons. The topological polar surface area (TPSA) is 21.6 Å². The maximum atomic E-state index is 5.42. The van der Waals surface area contributed by atoms with Crippen molar-refractivity contribution in [3.8, 4) is 0 Å². The van der Waals surface area contributed by atoms with Crippen LogP contribution >= 0.6 is 0 Å². The van der Waals surface area contributed by atoms with Gasteiger partial charge in [0, 0.05) is 0 Å². The van der Waals surface area contributed by atoms with Gasteiger partial charge < -0.3 is 4.84 Å². The van der Waals surface area contributed by atoms with E-state index in [-0.39, 0.29) is 0 Å². The van der Waals surface area contributed by atoms with Crippen molar-refractivity contribution in [1.82, 2.24) is 0 Å². The number of rotatable bonds is 5. The average molecular weight is 307 g/mol. The van der Waals surface area contributed by atoms with Crippen molar-refractivity contribution in [3.63, 3.8) is 0 Å². The number of nitrogens with zero attached hydrogens (tertiary/aromatic N) is 1. The Kier molecular flexibility index (Phi) is 5.46. The summed E-state index contributed by atoms with van der Waals surface area (Å²) in [6.45, 7) is 2.60. The van der Waals surface area contributed by atoms with Crippen molar-refractivity contribution in [3.05, 3.63) is 70.8 Å². The van der Waals surface area contributed by atoms with E-state index in [0.717, 1.165) is 17.0 Å². The Morgan fingerprint density at radius 2 is 1.83 bits per heavy atom. The predicted molar refractivity (Wildman–Crippen MR) is 95.8 cm³/mol. The monoisotopic (exact) mass is 307 g/mol. The molecule has 1 fully saturated rings. The van der Waals surface area contributed by atoms with Crippen LogP contribution in [0.3, 0.4) is 0 Å². The molecule has 0 spiro atoms. The second-order valence-corrected chi connectivity index (χ2v) is 6.50.